The molecular formula is C7H13NO2. The minimum Gasteiger partial charge on any atom is -0.393 e. The maximum absolute atomic E-state index is 10.7. The second-order valence-electron chi connectivity index (χ2n) is 2.77. The van der Waals surface area contributed by atoms with Crippen molar-refractivity contribution in [1.82, 2.24) is 4.90 Å². The zero-order chi connectivity index (χ0) is 7.56. The number of aliphatic hydroxyl groups is 1. The minimum atomic E-state index is -0.284. The number of rotatable bonds is 3. The van der Waals surface area contributed by atoms with Crippen LogP contribution in [0.2, 0.25) is 0 Å². The maximum atomic E-state index is 10.7. The largest absolute Gasteiger partial charge is 0.393 e. The first kappa shape index (κ1) is 7.54. The number of amides is 1. The summed E-state index contributed by atoms with van der Waals surface area (Å²) >= 11 is 0. The Morgan fingerprint density at radius 3 is 2.80 bits per heavy atom. The van der Waals surface area contributed by atoms with E-state index < -0.39 is 0 Å². The number of hydrogen-bond acceptors (Lipinski definition) is 2. The van der Waals surface area contributed by atoms with Gasteiger partial charge in [-0.15, -0.1) is 0 Å². The van der Waals surface area contributed by atoms with Gasteiger partial charge in [0.2, 0.25) is 5.91 Å². The molecule has 0 radical (unpaired) electrons. The standard InChI is InChI=1S/C7H13NO2/c1-6(9)2-4-8-5-3-7(8)10/h6,9H,2-5H2,1H3. The number of β-lactam (4-membered cyclic amide) rings is 1. The highest BCUT2D eigenvalue weighted by Crippen LogP contribution is 2.08. The molecule has 1 rings (SSSR count). The Morgan fingerprint density at radius 1 is 1.80 bits per heavy atom. The molecule has 1 amide bonds. The van der Waals surface area contributed by atoms with Crippen LogP contribution in [0.25, 0.3) is 0 Å². The maximum Gasteiger partial charge on any atom is 0.224 e. The number of hydrogen-bond donors (Lipinski definition) is 1. The van der Waals surface area contributed by atoms with E-state index in [9.17, 15) is 4.79 Å². The Bertz CT molecular complexity index is 134. The van der Waals surface area contributed by atoms with Gasteiger partial charge in [-0.05, 0) is 13.3 Å². The van der Waals surface area contributed by atoms with Gasteiger partial charge in [0.05, 0.1) is 6.10 Å². The van der Waals surface area contributed by atoms with Crippen molar-refractivity contribution in [3.05, 3.63) is 0 Å². The number of nitrogens with zero attached hydrogens (tertiary/aromatic N) is 1. The molecule has 3 nitrogen and oxygen atoms in total. The Hall–Kier alpha value is -0.570. The zero-order valence-corrected chi connectivity index (χ0v) is 6.21. The van der Waals surface area contributed by atoms with Crippen molar-refractivity contribution in [1.29, 1.82) is 0 Å². The van der Waals surface area contributed by atoms with Crippen LogP contribution in [-0.2, 0) is 4.79 Å². The highest BCUT2D eigenvalue weighted by atomic mass is 16.3. The first-order valence-corrected chi connectivity index (χ1v) is 3.66. The third kappa shape index (κ3) is 1.70. The average Bonchev–Trinajstić information content (AvgIpc) is 1.84. The van der Waals surface area contributed by atoms with Gasteiger partial charge in [-0.3, -0.25) is 4.79 Å². The monoisotopic (exact) mass is 143 g/mol. The molecule has 0 saturated carbocycles. The van der Waals surface area contributed by atoms with Crippen LogP contribution in [0.5, 0.6) is 0 Å². The van der Waals surface area contributed by atoms with E-state index in [1.165, 1.54) is 0 Å². The molecule has 10 heavy (non-hydrogen) atoms. The van der Waals surface area contributed by atoms with E-state index in [0.717, 1.165) is 13.1 Å². The van der Waals surface area contributed by atoms with Crippen LogP contribution >= 0.6 is 0 Å². The Kier molecular flexibility index (Phi) is 2.27. The van der Waals surface area contributed by atoms with Crippen molar-refractivity contribution in [2.45, 2.75) is 25.9 Å². The van der Waals surface area contributed by atoms with Crippen LogP contribution in [0.3, 0.4) is 0 Å². The molecule has 3 heteroatoms. The minimum absolute atomic E-state index is 0.223. The number of aliphatic hydroxyl groups excluding tert-OH is 1. The smallest absolute Gasteiger partial charge is 0.224 e. The second kappa shape index (κ2) is 3.01. The highest BCUT2D eigenvalue weighted by molar-refractivity contribution is 5.81. The van der Waals surface area contributed by atoms with Gasteiger partial charge < -0.3 is 10.0 Å². The fraction of sp³-hybridized carbons (Fsp3) is 0.857. The van der Waals surface area contributed by atoms with Gasteiger partial charge in [0.15, 0.2) is 0 Å². The fourth-order valence-electron chi connectivity index (χ4n) is 0.940. The van der Waals surface area contributed by atoms with Crippen molar-refractivity contribution in [3.8, 4) is 0 Å². The quantitative estimate of drug-likeness (QED) is 0.564. The van der Waals surface area contributed by atoms with E-state index in [1.54, 1.807) is 11.8 Å². The summed E-state index contributed by atoms with van der Waals surface area (Å²) in [4.78, 5) is 12.5. The second-order valence-corrected chi connectivity index (χ2v) is 2.77. The summed E-state index contributed by atoms with van der Waals surface area (Å²) in [6.07, 6.45) is 1.11. The molecule has 1 heterocycles. The number of carbonyl (C=O) groups is 1. The lowest BCUT2D eigenvalue weighted by molar-refractivity contribution is -0.140. The molecule has 1 aliphatic heterocycles. The van der Waals surface area contributed by atoms with Crippen molar-refractivity contribution in [3.63, 3.8) is 0 Å². The average molecular weight is 143 g/mol. The first-order valence-electron chi connectivity index (χ1n) is 3.66. The van der Waals surface area contributed by atoms with Crippen molar-refractivity contribution in [2.24, 2.45) is 0 Å². The first-order chi connectivity index (χ1) is 4.70. The molecule has 1 fully saturated rings. The summed E-state index contributed by atoms with van der Waals surface area (Å²) in [6.45, 7) is 3.34. The SMILES string of the molecule is CC(O)CCN1CCC1=O. The highest BCUT2D eigenvalue weighted by Gasteiger charge is 2.22. The van der Waals surface area contributed by atoms with Gasteiger partial charge in [0.1, 0.15) is 0 Å². The predicted molar refractivity (Wildman–Crippen MR) is 37.5 cm³/mol. The summed E-state index contributed by atoms with van der Waals surface area (Å²) < 4.78 is 0. The normalized spacial score (nSPS) is 20.6. The molecule has 1 N–H and O–H groups in total. The van der Waals surface area contributed by atoms with Crippen LogP contribution in [0, 0.1) is 0 Å². The lowest BCUT2D eigenvalue weighted by Crippen LogP contribution is -2.44. The number of likely N-dealkylation sites (tertiary alicyclic amines) is 1. The Balaban J connectivity index is 2.08. The molecule has 1 unspecified atom stereocenters. The lowest BCUT2D eigenvalue weighted by Gasteiger charge is -2.30. The molecule has 0 bridgehead atoms. The third-order valence-corrected chi connectivity index (χ3v) is 1.77. The predicted octanol–water partition coefficient (Wildman–Crippen LogP) is -0.0104. The van der Waals surface area contributed by atoms with Gasteiger partial charge in [-0.2, -0.15) is 0 Å². The lowest BCUT2D eigenvalue weighted by atomic mass is 10.2. The summed E-state index contributed by atoms with van der Waals surface area (Å²) in [6, 6.07) is 0. The van der Waals surface area contributed by atoms with E-state index in [4.69, 9.17) is 5.11 Å². The molecule has 1 atom stereocenters. The molecule has 0 spiro atoms. The summed E-state index contributed by atoms with van der Waals surface area (Å²) in [7, 11) is 0. The summed E-state index contributed by atoms with van der Waals surface area (Å²) in [5, 5.41) is 8.87. The molecule has 0 aromatic rings. The van der Waals surface area contributed by atoms with Crippen molar-refractivity contribution >= 4 is 5.91 Å². The summed E-state index contributed by atoms with van der Waals surface area (Å²) in [5.74, 6) is 0.223. The van der Waals surface area contributed by atoms with Crippen LogP contribution < -0.4 is 0 Å². The fourth-order valence-corrected chi connectivity index (χ4v) is 0.940. The molecule has 58 valence electrons. The van der Waals surface area contributed by atoms with E-state index in [2.05, 4.69) is 0 Å². The van der Waals surface area contributed by atoms with E-state index in [1.807, 2.05) is 0 Å². The van der Waals surface area contributed by atoms with Crippen molar-refractivity contribution in [2.75, 3.05) is 13.1 Å². The molecule has 0 aromatic carbocycles. The van der Waals surface area contributed by atoms with Crippen LogP contribution in [0.1, 0.15) is 19.8 Å². The van der Waals surface area contributed by atoms with Gasteiger partial charge >= 0.3 is 0 Å². The molecular weight excluding hydrogens is 130 g/mol. The van der Waals surface area contributed by atoms with Crippen LogP contribution in [-0.4, -0.2) is 35.1 Å². The Labute approximate surface area is 60.6 Å². The molecule has 0 aromatic heterocycles. The molecule has 0 aliphatic carbocycles. The van der Waals surface area contributed by atoms with Gasteiger partial charge in [-0.1, -0.05) is 0 Å². The van der Waals surface area contributed by atoms with Gasteiger partial charge in [0, 0.05) is 19.5 Å². The Morgan fingerprint density at radius 2 is 2.50 bits per heavy atom. The molecule has 1 aliphatic rings. The molecule has 1 saturated heterocycles. The topological polar surface area (TPSA) is 40.5 Å². The van der Waals surface area contributed by atoms with E-state index in [0.29, 0.717) is 12.8 Å². The summed E-state index contributed by atoms with van der Waals surface area (Å²) in [5.41, 5.74) is 0. The van der Waals surface area contributed by atoms with Crippen LogP contribution in [0.15, 0.2) is 0 Å². The number of carbonyl (C=O) groups excluding carboxylic acids is 1. The van der Waals surface area contributed by atoms with E-state index in [-0.39, 0.29) is 12.0 Å². The van der Waals surface area contributed by atoms with Crippen LogP contribution in [0.4, 0.5) is 0 Å². The van der Waals surface area contributed by atoms with Crippen molar-refractivity contribution < 1.29 is 9.90 Å². The van der Waals surface area contributed by atoms with Gasteiger partial charge in [0.25, 0.3) is 0 Å². The zero-order valence-electron chi connectivity index (χ0n) is 6.21. The van der Waals surface area contributed by atoms with Gasteiger partial charge in [-0.25, -0.2) is 0 Å². The third-order valence-electron chi connectivity index (χ3n) is 1.77. The van der Waals surface area contributed by atoms with E-state index >= 15 is 0 Å².